The fourth-order valence-corrected chi connectivity index (χ4v) is 6.84. The fraction of sp³-hybridized carbons (Fsp3) is 1.00. The molecule has 3 aliphatic carbocycles. The Morgan fingerprint density at radius 1 is 0.846 bits per heavy atom. The summed E-state index contributed by atoms with van der Waals surface area (Å²) in [6.07, 6.45) is 4.97. The molecule has 0 unspecified atom stereocenters. The minimum absolute atomic E-state index is 0.0211. The van der Waals surface area contributed by atoms with Gasteiger partial charge in [0.15, 0.2) is 0 Å². The third-order valence-corrected chi connectivity index (χ3v) is 8.64. The van der Waals surface area contributed by atoms with Gasteiger partial charge < -0.3 is 20.4 Å². The zero-order valence-electron chi connectivity index (χ0n) is 16.8. The molecule has 0 amide bonds. The van der Waals surface area contributed by atoms with Crippen LogP contribution in [0.2, 0.25) is 0 Å². The van der Waals surface area contributed by atoms with E-state index in [1.807, 2.05) is 13.8 Å². The summed E-state index contributed by atoms with van der Waals surface area (Å²) in [5.74, 6) is -3.00. The van der Waals surface area contributed by atoms with Gasteiger partial charge in [0.1, 0.15) is 0 Å². The van der Waals surface area contributed by atoms with E-state index in [1.54, 1.807) is 0 Å². The van der Waals surface area contributed by atoms with Crippen LogP contribution in [0.15, 0.2) is 0 Å². The van der Waals surface area contributed by atoms with Gasteiger partial charge in [-0.15, -0.1) is 0 Å². The van der Waals surface area contributed by atoms with Crippen LogP contribution in [-0.2, 0) is 21.0 Å². The van der Waals surface area contributed by atoms with Crippen molar-refractivity contribution in [2.75, 3.05) is 0 Å². The first-order chi connectivity index (χ1) is 11.8. The Morgan fingerprint density at radius 2 is 1.42 bits per heavy atom. The Morgan fingerprint density at radius 3 is 2.00 bits per heavy atom. The molecule has 151 valence electrons. The normalized spacial score (nSPS) is 45.9. The van der Waals surface area contributed by atoms with Crippen molar-refractivity contribution in [3.05, 3.63) is 0 Å². The molecule has 3 saturated carbocycles. The molecule has 2 bridgehead atoms. The van der Waals surface area contributed by atoms with E-state index in [9.17, 15) is 20.4 Å². The Labute approximate surface area is 166 Å². The zero-order chi connectivity index (χ0) is 20.1. The van der Waals surface area contributed by atoms with Crippen LogP contribution >= 0.6 is 0 Å². The minimum atomic E-state index is -2.46. The number of hydrogen-bond acceptors (Lipinski definition) is 5. The van der Waals surface area contributed by atoms with Gasteiger partial charge in [-0.1, -0.05) is 41.0 Å². The maximum absolute atomic E-state index is 10.8. The summed E-state index contributed by atoms with van der Waals surface area (Å²) in [7, 11) is 0. The van der Waals surface area contributed by atoms with E-state index in [2.05, 4.69) is 20.8 Å². The van der Waals surface area contributed by atoms with Gasteiger partial charge in [0.05, 0.1) is 0 Å². The molecule has 3 aliphatic rings. The Kier molecular flexibility index (Phi) is 6.27. The number of aliphatic hydroxyl groups is 4. The summed E-state index contributed by atoms with van der Waals surface area (Å²) in [6, 6.07) is 0. The SMILES string of the molecule is C[C@@H]1CC(O)(O)C(O)(O)[C@@]2(C)CC[C@H]3[C@H](C)CC[C@@H](C[C@H]12)C3(C)C.[O]=[V]. The van der Waals surface area contributed by atoms with E-state index in [-0.39, 0.29) is 23.7 Å². The molecule has 0 aromatic heterocycles. The van der Waals surface area contributed by atoms with Gasteiger partial charge in [0.2, 0.25) is 11.6 Å². The van der Waals surface area contributed by atoms with Crippen molar-refractivity contribution in [3.8, 4) is 0 Å². The van der Waals surface area contributed by atoms with Crippen LogP contribution < -0.4 is 0 Å². The molecule has 6 atom stereocenters. The average Bonchev–Trinajstić information content (AvgIpc) is 2.52. The van der Waals surface area contributed by atoms with Gasteiger partial charge in [-0.3, -0.25) is 0 Å². The van der Waals surface area contributed by atoms with Crippen LogP contribution in [0.25, 0.3) is 0 Å². The van der Waals surface area contributed by atoms with E-state index in [0.29, 0.717) is 24.2 Å². The number of fused-ring (bicyclic) bond motifs is 3. The van der Waals surface area contributed by atoms with E-state index >= 15 is 0 Å². The molecule has 0 aromatic carbocycles. The van der Waals surface area contributed by atoms with Crippen LogP contribution in [-0.4, -0.2) is 32.0 Å². The van der Waals surface area contributed by atoms with Gasteiger partial charge in [-0.25, -0.2) is 0 Å². The molecule has 0 aromatic rings. The molecular formula is C20H36O5V. The van der Waals surface area contributed by atoms with Crippen LogP contribution in [0.5, 0.6) is 0 Å². The monoisotopic (exact) mass is 407 g/mol. The van der Waals surface area contributed by atoms with E-state index in [0.717, 1.165) is 30.2 Å². The molecule has 0 spiro atoms. The van der Waals surface area contributed by atoms with Crippen molar-refractivity contribution < 1.29 is 41.5 Å². The summed E-state index contributed by atoms with van der Waals surface area (Å²) in [5.41, 5.74) is -0.628. The van der Waals surface area contributed by atoms with Gasteiger partial charge in [-0.2, -0.15) is 0 Å². The van der Waals surface area contributed by atoms with Gasteiger partial charge in [-0.05, 0) is 60.7 Å². The Balaban J connectivity index is 0.00000117. The number of rotatable bonds is 0. The molecule has 3 fully saturated rings. The van der Waals surface area contributed by atoms with Crippen molar-refractivity contribution in [3.63, 3.8) is 0 Å². The quantitative estimate of drug-likeness (QED) is 0.463. The molecule has 26 heavy (non-hydrogen) atoms. The standard InChI is InChI=1S/C20H36O4.O.V/c1-12-6-7-14-10-16-13(2)11-19(21,22)20(23,24)18(16,5)9-8-15(12)17(14,3)4;;/h12-16,21-24H,6-11H2,1-5H3;;/t12-,13-,14+,15+,16-,18+;;/m1../s1. The number of hydrogen-bond donors (Lipinski definition) is 4. The first-order valence-corrected chi connectivity index (χ1v) is 10.5. The Bertz CT molecular complexity index is 520. The van der Waals surface area contributed by atoms with Crippen LogP contribution in [0.4, 0.5) is 0 Å². The third kappa shape index (κ3) is 3.17. The van der Waals surface area contributed by atoms with Crippen molar-refractivity contribution >= 4 is 0 Å². The van der Waals surface area contributed by atoms with Gasteiger partial charge in [0, 0.05) is 11.8 Å². The fourth-order valence-electron chi connectivity index (χ4n) is 6.84. The summed E-state index contributed by atoms with van der Waals surface area (Å²) in [5, 5.41) is 42.3. The molecule has 0 saturated heterocycles. The summed E-state index contributed by atoms with van der Waals surface area (Å²) in [4.78, 5) is 0. The molecular weight excluding hydrogens is 371 g/mol. The van der Waals surface area contributed by atoms with Crippen molar-refractivity contribution in [1.29, 1.82) is 0 Å². The molecule has 5 nitrogen and oxygen atoms in total. The second kappa shape index (κ2) is 7.24. The van der Waals surface area contributed by atoms with E-state index in [1.165, 1.54) is 12.8 Å². The first kappa shape index (κ1) is 22.5. The van der Waals surface area contributed by atoms with Crippen LogP contribution in [0.1, 0.15) is 73.1 Å². The van der Waals surface area contributed by atoms with Gasteiger partial charge >= 0.3 is 21.0 Å². The molecule has 0 aliphatic heterocycles. The second-order valence-electron chi connectivity index (χ2n) is 10.1. The van der Waals surface area contributed by atoms with E-state index < -0.39 is 17.0 Å². The van der Waals surface area contributed by atoms with Crippen molar-refractivity contribution in [2.45, 2.75) is 84.7 Å². The summed E-state index contributed by atoms with van der Waals surface area (Å²) in [6.45, 7) is 11.0. The molecule has 6 heteroatoms. The van der Waals surface area contributed by atoms with Crippen molar-refractivity contribution in [1.82, 2.24) is 0 Å². The topological polar surface area (TPSA) is 98.0 Å². The van der Waals surface area contributed by atoms with Crippen molar-refractivity contribution in [2.24, 2.45) is 40.4 Å². The third-order valence-electron chi connectivity index (χ3n) is 8.64. The predicted octanol–water partition coefficient (Wildman–Crippen LogP) is 2.76. The van der Waals surface area contributed by atoms with E-state index in [4.69, 9.17) is 3.67 Å². The zero-order valence-corrected chi connectivity index (χ0v) is 18.2. The summed E-state index contributed by atoms with van der Waals surface area (Å²) >= 11 is 1.06. The Hall–Kier alpha value is 0.224. The molecule has 0 radical (unpaired) electrons. The predicted molar refractivity (Wildman–Crippen MR) is 93.4 cm³/mol. The van der Waals surface area contributed by atoms with Crippen LogP contribution in [0, 0.1) is 40.4 Å². The summed E-state index contributed by atoms with van der Waals surface area (Å²) < 4.78 is 8.19. The average molecular weight is 407 g/mol. The maximum atomic E-state index is 10.8. The second-order valence-corrected chi connectivity index (χ2v) is 10.1. The molecule has 4 N–H and O–H groups in total. The van der Waals surface area contributed by atoms with Gasteiger partial charge in [0.25, 0.3) is 0 Å². The molecule has 3 rings (SSSR count). The van der Waals surface area contributed by atoms with Crippen LogP contribution in [0.3, 0.4) is 0 Å². The first-order valence-electron chi connectivity index (χ1n) is 9.92. The molecule has 0 heterocycles.